The van der Waals surface area contributed by atoms with E-state index in [1.54, 1.807) is 25.3 Å². The van der Waals surface area contributed by atoms with Crippen molar-refractivity contribution in [1.82, 2.24) is 0 Å². The minimum Gasteiger partial charge on any atom is -0.496 e. The Kier molecular flexibility index (Phi) is 7.69. The molecule has 1 aromatic rings. The van der Waals surface area contributed by atoms with Crippen LogP contribution in [0.15, 0.2) is 18.2 Å². The van der Waals surface area contributed by atoms with Crippen LogP contribution in [0.1, 0.15) is 23.7 Å². The summed E-state index contributed by atoms with van der Waals surface area (Å²) in [5.41, 5.74) is 0.467. The van der Waals surface area contributed by atoms with Crippen molar-refractivity contribution in [1.29, 1.82) is 0 Å². The summed E-state index contributed by atoms with van der Waals surface area (Å²) in [4.78, 5) is 11.6. The van der Waals surface area contributed by atoms with Gasteiger partial charge in [0.15, 0.2) is 5.78 Å². The van der Waals surface area contributed by atoms with E-state index in [0.29, 0.717) is 43.5 Å². The molecule has 0 amide bonds. The van der Waals surface area contributed by atoms with Crippen LogP contribution in [0.25, 0.3) is 0 Å². The second kappa shape index (κ2) is 9.34. The maximum atomic E-state index is 11.6. The van der Waals surface area contributed by atoms with Gasteiger partial charge in [-0.25, -0.2) is 0 Å². The summed E-state index contributed by atoms with van der Waals surface area (Å²) in [6.45, 7) is 3.67. The summed E-state index contributed by atoms with van der Waals surface area (Å²) in [5, 5.41) is 0. The number of hydrogen-bond acceptors (Lipinski definition) is 5. The van der Waals surface area contributed by atoms with Crippen LogP contribution in [0.2, 0.25) is 0 Å². The number of rotatable bonds is 10. The zero-order valence-electron chi connectivity index (χ0n) is 12.3. The van der Waals surface area contributed by atoms with Crippen molar-refractivity contribution in [2.75, 3.05) is 40.6 Å². The Labute approximate surface area is 119 Å². The number of benzene rings is 1. The lowest BCUT2D eigenvalue weighted by molar-refractivity contribution is 0.0798. The first kappa shape index (κ1) is 16.5. The molecular formula is C15H22O5. The van der Waals surface area contributed by atoms with E-state index in [1.807, 2.05) is 0 Å². The van der Waals surface area contributed by atoms with Crippen molar-refractivity contribution in [3.63, 3.8) is 0 Å². The summed E-state index contributed by atoms with van der Waals surface area (Å²) in [7, 11) is 3.19. The van der Waals surface area contributed by atoms with E-state index >= 15 is 0 Å². The molecule has 1 rings (SSSR count). The number of ether oxygens (including phenoxy) is 4. The summed E-state index contributed by atoms with van der Waals surface area (Å²) in [6.07, 6.45) is 0.856. The largest absolute Gasteiger partial charge is 0.496 e. The van der Waals surface area contributed by atoms with Crippen LogP contribution in [0.5, 0.6) is 11.5 Å². The number of carbonyl (C=O) groups is 1. The molecule has 5 heteroatoms. The van der Waals surface area contributed by atoms with Crippen LogP contribution < -0.4 is 9.47 Å². The van der Waals surface area contributed by atoms with E-state index in [1.165, 1.54) is 14.0 Å². The van der Waals surface area contributed by atoms with Crippen molar-refractivity contribution < 1.29 is 23.7 Å². The lowest BCUT2D eigenvalue weighted by Gasteiger charge is -2.13. The number of Topliss-reactive ketones (excluding diaryl/α,β-unsaturated/α-hetero) is 1. The summed E-state index contributed by atoms with van der Waals surface area (Å²) in [5.74, 6) is 0.965. The van der Waals surface area contributed by atoms with E-state index in [9.17, 15) is 4.79 Å². The van der Waals surface area contributed by atoms with Crippen LogP contribution in [0, 0.1) is 0 Å². The molecule has 20 heavy (non-hydrogen) atoms. The fourth-order valence-electron chi connectivity index (χ4n) is 1.77. The zero-order chi connectivity index (χ0) is 14.8. The Morgan fingerprint density at radius 3 is 2.45 bits per heavy atom. The molecule has 0 heterocycles. The van der Waals surface area contributed by atoms with Crippen LogP contribution in [0.3, 0.4) is 0 Å². The second-order valence-electron chi connectivity index (χ2n) is 4.20. The van der Waals surface area contributed by atoms with E-state index in [0.717, 1.165) is 6.42 Å². The van der Waals surface area contributed by atoms with Crippen LogP contribution in [-0.4, -0.2) is 46.4 Å². The van der Waals surface area contributed by atoms with Crippen molar-refractivity contribution in [2.45, 2.75) is 13.3 Å². The Balaban J connectivity index is 2.45. The Hall–Kier alpha value is -1.59. The van der Waals surface area contributed by atoms with Gasteiger partial charge in [-0.05, 0) is 25.5 Å². The molecule has 0 fully saturated rings. The van der Waals surface area contributed by atoms with Gasteiger partial charge in [-0.3, -0.25) is 4.79 Å². The maximum Gasteiger partial charge on any atom is 0.167 e. The number of carbonyl (C=O) groups excluding carboxylic acids is 1. The lowest BCUT2D eigenvalue weighted by atomic mass is 10.1. The molecule has 0 unspecified atom stereocenters. The topological polar surface area (TPSA) is 54.0 Å². The first-order chi connectivity index (χ1) is 9.70. The molecule has 0 saturated heterocycles. The normalized spacial score (nSPS) is 10.3. The van der Waals surface area contributed by atoms with Gasteiger partial charge in [-0.2, -0.15) is 0 Å². The first-order valence-corrected chi connectivity index (χ1v) is 6.58. The molecular weight excluding hydrogens is 260 g/mol. The third-order valence-corrected chi connectivity index (χ3v) is 2.68. The van der Waals surface area contributed by atoms with E-state index in [-0.39, 0.29) is 5.78 Å². The van der Waals surface area contributed by atoms with Crippen LogP contribution >= 0.6 is 0 Å². The number of hydrogen-bond donors (Lipinski definition) is 0. The minimum absolute atomic E-state index is 0.0848. The molecule has 0 spiro atoms. The van der Waals surface area contributed by atoms with Gasteiger partial charge in [0, 0.05) is 20.3 Å². The quantitative estimate of drug-likeness (QED) is 0.487. The summed E-state index contributed by atoms with van der Waals surface area (Å²) in [6, 6.07) is 5.29. The first-order valence-electron chi connectivity index (χ1n) is 6.58. The van der Waals surface area contributed by atoms with Gasteiger partial charge in [-0.15, -0.1) is 0 Å². The molecule has 0 N–H and O–H groups in total. The highest BCUT2D eigenvalue weighted by atomic mass is 16.5. The minimum atomic E-state index is -0.0848. The van der Waals surface area contributed by atoms with Crippen molar-refractivity contribution in [3.8, 4) is 11.5 Å². The molecule has 5 nitrogen and oxygen atoms in total. The molecule has 0 bridgehead atoms. The molecule has 0 aliphatic heterocycles. The van der Waals surface area contributed by atoms with Gasteiger partial charge in [0.25, 0.3) is 0 Å². The monoisotopic (exact) mass is 282 g/mol. The van der Waals surface area contributed by atoms with E-state index < -0.39 is 0 Å². The average Bonchev–Trinajstić information content (AvgIpc) is 2.45. The highest BCUT2D eigenvalue weighted by Crippen LogP contribution is 2.28. The fraction of sp³-hybridized carbons (Fsp3) is 0.533. The SMILES string of the molecule is COCCCOCCOc1cccc(OC)c1C(C)=O. The Morgan fingerprint density at radius 2 is 1.80 bits per heavy atom. The predicted octanol–water partition coefficient (Wildman–Crippen LogP) is 2.33. The maximum absolute atomic E-state index is 11.6. The zero-order valence-corrected chi connectivity index (χ0v) is 12.3. The number of methoxy groups -OCH3 is 2. The van der Waals surface area contributed by atoms with Gasteiger partial charge < -0.3 is 18.9 Å². The molecule has 0 radical (unpaired) electrons. The van der Waals surface area contributed by atoms with E-state index in [2.05, 4.69) is 0 Å². The average molecular weight is 282 g/mol. The van der Waals surface area contributed by atoms with Crippen LogP contribution in [0.4, 0.5) is 0 Å². The fourth-order valence-corrected chi connectivity index (χ4v) is 1.77. The highest BCUT2D eigenvalue weighted by Gasteiger charge is 2.14. The third-order valence-electron chi connectivity index (χ3n) is 2.68. The van der Waals surface area contributed by atoms with Crippen molar-refractivity contribution in [3.05, 3.63) is 23.8 Å². The summed E-state index contributed by atoms with van der Waals surface area (Å²) < 4.78 is 21.1. The molecule has 0 aliphatic carbocycles. The smallest absolute Gasteiger partial charge is 0.167 e. The summed E-state index contributed by atoms with van der Waals surface area (Å²) >= 11 is 0. The predicted molar refractivity (Wildman–Crippen MR) is 75.8 cm³/mol. The second-order valence-corrected chi connectivity index (χ2v) is 4.20. The molecule has 112 valence electrons. The highest BCUT2D eigenvalue weighted by molar-refractivity contribution is 5.99. The van der Waals surface area contributed by atoms with Gasteiger partial charge in [0.1, 0.15) is 23.7 Å². The molecule has 1 aromatic carbocycles. The van der Waals surface area contributed by atoms with Gasteiger partial charge in [0.2, 0.25) is 0 Å². The Morgan fingerprint density at radius 1 is 1.05 bits per heavy atom. The van der Waals surface area contributed by atoms with Gasteiger partial charge in [0.05, 0.1) is 13.7 Å². The number of ketones is 1. The lowest BCUT2D eigenvalue weighted by Crippen LogP contribution is -2.10. The molecule has 0 aromatic heterocycles. The molecule has 0 aliphatic rings. The van der Waals surface area contributed by atoms with E-state index in [4.69, 9.17) is 18.9 Å². The van der Waals surface area contributed by atoms with Crippen molar-refractivity contribution in [2.24, 2.45) is 0 Å². The van der Waals surface area contributed by atoms with Gasteiger partial charge >= 0.3 is 0 Å². The van der Waals surface area contributed by atoms with Crippen LogP contribution in [-0.2, 0) is 9.47 Å². The standard InChI is InChI=1S/C15H22O5/c1-12(16)15-13(18-3)6-4-7-14(15)20-11-10-19-9-5-8-17-2/h4,6-7H,5,8-11H2,1-3H3. The van der Waals surface area contributed by atoms with Gasteiger partial charge in [-0.1, -0.05) is 6.07 Å². The molecule has 0 saturated carbocycles. The third kappa shape index (κ3) is 5.19. The molecule has 0 atom stereocenters. The Bertz CT molecular complexity index is 417. The van der Waals surface area contributed by atoms with Crippen molar-refractivity contribution >= 4 is 5.78 Å².